The van der Waals surface area contributed by atoms with E-state index in [1.54, 1.807) is 0 Å². The molecule has 0 bridgehead atoms. The Balaban J connectivity index is -0.000000244. The van der Waals surface area contributed by atoms with E-state index < -0.39 is 97.2 Å². The van der Waals surface area contributed by atoms with Crippen LogP contribution < -0.4 is 0 Å². The summed E-state index contributed by atoms with van der Waals surface area (Å²) in [7, 11) is 0. The number of carboxylic acid groups (broad SMARTS) is 6. The standard InChI is InChI=1S/C16H18O17.2Ca.5H2O.4H/c17-6(12(27)33-16(14(30)31,4-9(22)23)5-10(24)25)1-11(26)32-15(13(28)29,2-7(18)19)3-8(20)21;;;;;;;;;;;/h6,17H,1-5H2,(H,18,19)(H,20,21)(H,22,23)(H,24,25)(H,28,29)(H,30,31);;;5*1H2;;;;. The number of carboxylic acids is 6. The second-order valence-corrected chi connectivity index (χ2v) is 6.50. The molecule has 0 aliphatic heterocycles. The van der Waals surface area contributed by atoms with Crippen LogP contribution >= 0.6 is 0 Å². The van der Waals surface area contributed by atoms with Gasteiger partial charge in [0.2, 0.25) is 11.2 Å². The van der Waals surface area contributed by atoms with Gasteiger partial charge in [-0.1, -0.05) is 0 Å². The molecule has 0 heterocycles. The van der Waals surface area contributed by atoms with Gasteiger partial charge in [0.05, 0.1) is 32.1 Å². The zero-order chi connectivity index (χ0) is 26.1. The van der Waals surface area contributed by atoms with E-state index >= 15 is 0 Å². The van der Waals surface area contributed by atoms with Crippen molar-refractivity contribution in [1.82, 2.24) is 0 Å². The third-order valence-electron chi connectivity index (χ3n) is 3.76. The van der Waals surface area contributed by atoms with Crippen LogP contribution in [-0.4, -0.2) is 204 Å². The van der Waals surface area contributed by atoms with Crippen LogP contribution in [0.5, 0.6) is 0 Å². The number of ether oxygens (including phenoxy) is 2. The van der Waals surface area contributed by atoms with Gasteiger partial charge in [0.15, 0.2) is 6.10 Å². The molecule has 17 N–H and O–H groups in total. The number of aliphatic carboxylic acids is 6. The summed E-state index contributed by atoms with van der Waals surface area (Å²) in [6.45, 7) is 0. The molecule has 0 fully saturated rings. The molecule has 1 atom stereocenters. The van der Waals surface area contributed by atoms with Crippen molar-refractivity contribution in [2.24, 2.45) is 0 Å². The van der Waals surface area contributed by atoms with Gasteiger partial charge < -0.3 is 72.6 Å². The Morgan fingerprint density at radius 2 is 0.775 bits per heavy atom. The van der Waals surface area contributed by atoms with Gasteiger partial charge in [0, 0.05) is 0 Å². The normalized spacial score (nSPS) is 10.0. The van der Waals surface area contributed by atoms with Crippen LogP contribution in [0.3, 0.4) is 0 Å². The first kappa shape index (κ1) is 57.8. The molecule has 0 saturated heterocycles. The van der Waals surface area contributed by atoms with E-state index in [1.165, 1.54) is 0 Å². The van der Waals surface area contributed by atoms with Crippen LogP contribution in [0, 0.1) is 0 Å². The van der Waals surface area contributed by atoms with Gasteiger partial charge in [0.25, 0.3) is 0 Å². The van der Waals surface area contributed by atoms with Crippen LogP contribution in [0.25, 0.3) is 0 Å². The number of carbonyl (C=O) groups excluding carboxylic acids is 2. The molecule has 0 aromatic heterocycles. The molecule has 0 aromatic rings. The van der Waals surface area contributed by atoms with Crippen molar-refractivity contribution in [2.45, 2.75) is 49.4 Å². The first-order chi connectivity index (χ1) is 15.0. The third kappa shape index (κ3) is 19.2. The molecule has 0 radical (unpaired) electrons. The first-order valence-corrected chi connectivity index (χ1v) is 8.43. The number of aliphatic hydroxyl groups is 1. The third-order valence-corrected chi connectivity index (χ3v) is 3.76. The molecule has 0 saturated carbocycles. The van der Waals surface area contributed by atoms with Crippen molar-refractivity contribution < 1.29 is 111 Å². The Bertz CT molecular complexity index is 839. The molecule has 40 heavy (non-hydrogen) atoms. The van der Waals surface area contributed by atoms with Crippen molar-refractivity contribution in [3.63, 3.8) is 0 Å². The van der Waals surface area contributed by atoms with E-state index in [-0.39, 0.29) is 103 Å². The topological polar surface area (TPSA) is 454 Å². The van der Waals surface area contributed by atoms with Crippen LogP contribution in [-0.2, 0) is 47.8 Å². The number of hydrogen-bond acceptors (Lipinski definition) is 11. The zero-order valence-corrected chi connectivity index (χ0v) is 18.8. The predicted octanol–water partition coefficient (Wildman–Crippen LogP) is -8.59. The molecule has 22 nitrogen and oxygen atoms in total. The molecule has 232 valence electrons. The van der Waals surface area contributed by atoms with Gasteiger partial charge in [-0.25, -0.2) is 14.4 Å². The maximum atomic E-state index is 12.0. The summed E-state index contributed by atoms with van der Waals surface area (Å²) in [5.41, 5.74) is -6.34. The summed E-state index contributed by atoms with van der Waals surface area (Å²) < 4.78 is 8.70. The van der Waals surface area contributed by atoms with Gasteiger partial charge in [-0.2, -0.15) is 0 Å². The molecule has 0 rings (SSSR count). The quantitative estimate of drug-likeness (QED) is 0.0635. The fraction of sp³-hybridized carbons (Fsp3) is 0.500. The molecule has 0 amide bonds. The van der Waals surface area contributed by atoms with E-state index in [1.807, 2.05) is 0 Å². The van der Waals surface area contributed by atoms with Crippen molar-refractivity contribution in [3.8, 4) is 0 Å². The number of esters is 2. The molecule has 0 aliphatic carbocycles. The number of rotatable bonds is 15. The predicted molar refractivity (Wildman–Crippen MR) is 128 cm³/mol. The molecular weight excluding hydrogens is 624 g/mol. The second kappa shape index (κ2) is 24.8. The van der Waals surface area contributed by atoms with Gasteiger partial charge in [-0.3, -0.25) is 24.0 Å². The molecule has 24 heteroatoms. The van der Waals surface area contributed by atoms with Crippen LogP contribution in [0.2, 0.25) is 0 Å². The Morgan fingerprint density at radius 3 is 1.00 bits per heavy atom. The van der Waals surface area contributed by atoms with Gasteiger partial charge in [-0.05, 0) is 0 Å². The fourth-order valence-corrected chi connectivity index (χ4v) is 2.40. The van der Waals surface area contributed by atoms with Gasteiger partial charge in [0.1, 0.15) is 0 Å². The summed E-state index contributed by atoms with van der Waals surface area (Å²) in [5, 5.41) is 63.3. The van der Waals surface area contributed by atoms with Gasteiger partial charge >= 0.3 is 123 Å². The van der Waals surface area contributed by atoms with Crippen molar-refractivity contribution in [1.29, 1.82) is 0 Å². The summed E-state index contributed by atoms with van der Waals surface area (Å²) in [6, 6.07) is 0. The van der Waals surface area contributed by atoms with Crippen molar-refractivity contribution in [3.05, 3.63) is 0 Å². The molecule has 0 spiro atoms. The van der Waals surface area contributed by atoms with E-state index in [0.29, 0.717) is 0 Å². The minimum absolute atomic E-state index is 0. The average Bonchev–Trinajstić information content (AvgIpc) is 2.58. The fourth-order valence-electron chi connectivity index (χ4n) is 2.40. The van der Waals surface area contributed by atoms with Gasteiger partial charge in [-0.15, -0.1) is 0 Å². The van der Waals surface area contributed by atoms with E-state index in [4.69, 9.17) is 30.6 Å². The number of hydrogen-bond donors (Lipinski definition) is 7. The summed E-state index contributed by atoms with van der Waals surface area (Å²) >= 11 is 0. The summed E-state index contributed by atoms with van der Waals surface area (Å²) in [4.78, 5) is 90.3. The average molecular weight is 657 g/mol. The Labute approximate surface area is 281 Å². The van der Waals surface area contributed by atoms with Crippen LogP contribution in [0.4, 0.5) is 0 Å². The second-order valence-electron chi connectivity index (χ2n) is 6.50. The SMILES string of the molecule is O.O.O.O.O.O=C(O)CC(CC(=O)O)(OC(=O)CC(O)C(=O)OC(CC(=O)O)(CC(=O)O)C(=O)O)C(=O)O.[CaH2].[CaH2]. The molecule has 0 aromatic carbocycles. The zero-order valence-electron chi connectivity index (χ0n) is 18.8. The maximum absolute atomic E-state index is 12.0. The van der Waals surface area contributed by atoms with Crippen LogP contribution in [0.15, 0.2) is 0 Å². The molecule has 1 unspecified atom stereocenters. The van der Waals surface area contributed by atoms with E-state index in [9.17, 15) is 43.5 Å². The number of carbonyl (C=O) groups is 8. The Morgan fingerprint density at radius 1 is 0.525 bits per heavy atom. The minimum atomic E-state index is -3.20. The van der Waals surface area contributed by atoms with Crippen molar-refractivity contribution >= 4 is 123 Å². The van der Waals surface area contributed by atoms with E-state index in [2.05, 4.69) is 9.47 Å². The summed E-state index contributed by atoms with van der Waals surface area (Å²) in [5.74, 6) is -15.9. The number of aliphatic hydroxyl groups excluding tert-OH is 1. The molecule has 0 aliphatic rings. The summed E-state index contributed by atoms with van der Waals surface area (Å²) in [6.07, 6.45) is -10.4. The molecular formula is C16H32Ca2O22. The van der Waals surface area contributed by atoms with E-state index in [0.717, 1.165) is 0 Å². The Hall–Kier alpha value is -1.96. The Kier molecular flexibility index (Phi) is 35.9. The van der Waals surface area contributed by atoms with Crippen LogP contribution in [0.1, 0.15) is 32.1 Å². The van der Waals surface area contributed by atoms with Crippen molar-refractivity contribution in [2.75, 3.05) is 0 Å². The monoisotopic (exact) mass is 656 g/mol. The first-order valence-electron chi connectivity index (χ1n) is 8.43.